The van der Waals surface area contributed by atoms with Gasteiger partial charge in [0.25, 0.3) is 5.91 Å². The van der Waals surface area contributed by atoms with Gasteiger partial charge in [0.1, 0.15) is 11.5 Å². The molecule has 1 rings (SSSR count). The number of rotatable bonds is 9. The molecule has 0 aliphatic carbocycles. The number of nitrogens with one attached hydrogen (secondary N) is 1. The van der Waals surface area contributed by atoms with Crippen molar-refractivity contribution in [2.75, 3.05) is 45.3 Å². The first-order chi connectivity index (χ1) is 9.72. The van der Waals surface area contributed by atoms with Crippen molar-refractivity contribution >= 4 is 11.7 Å². The molecule has 6 nitrogen and oxygen atoms in total. The molecule has 0 atom stereocenters. The number of pyridine rings is 1. The van der Waals surface area contributed by atoms with Gasteiger partial charge in [-0.3, -0.25) is 4.79 Å². The Morgan fingerprint density at radius 2 is 2.25 bits per heavy atom. The molecule has 0 aliphatic heterocycles. The first-order valence-corrected chi connectivity index (χ1v) is 6.83. The van der Waals surface area contributed by atoms with Gasteiger partial charge >= 0.3 is 0 Å². The van der Waals surface area contributed by atoms with Crippen molar-refractivity contribution in [2.45, 2.75) is 13.3 Å². The summed E-state index contributed by atoms with van der Waals surface area (Å²) in [4.78, 5) is 18.2. The van der Waals surface area contributed by atoms with Gasteiger partial charge in [-0.2, -0.15) is 0 Å². The van der Waals surface area contributed by atoms with Gasteiger partial charge in [0.05, 0.1) is 13.2 Å². The van der Waals surface area contributed by atoms with E-state index in [-0.39, 0.29) is 19.1 Å². The number of aliphatic hydroxyl groups excluding tert-OH is 1. The number of hydrogen-bond donors (Lipinski definition) is 2. The molecule has 1 aromatic heterocycles. The minimum atomic E-state index is -0.198. The number of aliphatic hydroxyl groups is 1. The second-order valence-electron chi connectivity index (χ2n) is 4.34. The lowest BCUT2D eigenvalue weighted by Gasteiger charge is -2.21. The van der Waals surface area contributed by atoms with E-state index in [1.54, 1.807) is 19.2 Å². The van der Waals surface area contributed by atoms with E-state index in [1.165, 1.54) is 4.90 Å². The average molecular weight is 281 g/mol. The topological polar surface area (TPSA) is 74.7 Å². The lowest BCUT2D eigenvalue weighted by atomic mass is 10.3. The third kappa shape index (κ3) is 5.14. The largest absolute Gasteiger partial charge is 0.395 e. The summed E-state index contributed by atoms with van der Waals surface area (Å²) < 4.78 is 4.97. The molecule has 0 spiro atoms. The highest BCUT2D eigenvalue weighted by molar-refractivity contribution is 5.92. The Morgan fingerprint density at radius 1 is 1.45 bits per heavy atom. The van der Waals surface area contributed by atoms with E-state index in [2.05, 4.69) is 17.2 Å². The monoisotopic (exact) mass is 281 g/mol. The van der Waals surface area contributed by atoms with E-state index < -0.39 is 0 Å². The first kappa shape index (κ1) is 16.4. The fraction of sp³-hybridized carbons (Fsp3) is 0.571. The van der Waals surface area contributed by atoms with Gasteiger partial charge < -0.3 is 20.1 Å². The van der Waals surface area contributed by atoms with Crippen LogP contribution in [-0.4, -0.2) is 60.9 Å². The molecule has 1 heterocycles. The predicted octanol–water partition coefficient (Wildman–Crippen LogP) is 0.984. The zero-order chi connectivity index (χ0) is 14.8. The molecule has 0 saturated heterocycles. The fourth-order valence-corrected chi connectivity index (χ4v) is 1.70. The van der Waals surface area contributed by atoms with Crippen molar-refractivity contribution in [1.29, 1.82) is 0 Å². The van der Waals surface area contributed by atoms with Crippen LogP contribution in [0, 0.1) is 0 Å². The molecule has 112 valence electrons. The number of hydrogen-bond acceptors (Lipinski definition) is 5. The quantitative estimate of drug-likeness (QED) is 0.706. The van der Waals surface area contributed by atoms with Crippen molar-refractivity contribution in [1.82, 2.24) is 9.88 Å². The number of nitrogens with zero attached hydrogens (tertiary/aromatic N) is 2. The lowest BCUT2D eigenvalue weighted by molar-refractivity contribution is 0.0651. The molecule has 0 aromatic carbocycles. The van der Waals surface area contributed by atoms with Crippen molar-refractivity contribution in [3.63, 3.8) is 0 Å². The van der Waals surface area contributed by atoms with E-state index in [0.29, 0.717) is 24.7 Å². The minimum Gasteiger partial charge on any atom is -0.395 e. The van der Waals surface area contributed by atoms with E-state index in [0.717, 1.165) is 13.0 Å². The summed E-state index contributed by atoms with van der Waals surface area (Å²) in [6.07, 6.45) is 0.990. The van der Waals surface area contributed by atoms with Gasteiger partial charge in [-0.1, -0.05) is 13.0 Å². The molecule has 1 aromatic rings. The number of carbonyl (C=O) groups excluding carboxylic acids is 1. The highest BCUT2D eigenvalue weighted by Crippen LogP contribution is 2.08. The summed E-state index contributed by atoms with van der Waals surface area (Å²) in [5, 5.41) is 12.2. The van der Waals surface area contributed by atoms with Gasteiger partial charge in [-0.05, 0) is 18.6 Å². The molecule has 0 saturated carbocycles. The van der Waals surface area contributed by atoms with E-state index in [1.807, 2.05) is 6.07 Å². The van der Waals surface area contributed by atoms with E-state index in [9.17, 15) is 4.79 Å². The van der Waals surface area contributed by atoms with Crippen LogP contribution in [0.2, 0.25) is 0 Å². The van der Waals surface area contributed by atoms with Crippen LogP contribution in [0.25, 0.3) is 0 Å². The molecule has 20 heavy (non-hydrogen) atoms. The van der Waals surface area contributed by atoms with Crippen LogP contribution in [0.4, 0.5) is 5.82 Å². The predicted molar refractivity (Wildman–Crippen MR) is 77.9 cm³/mol. The highest BCUT2D eigenvalue weighted by Gasteiger charge is 2.16. The van der Waals surface area contributed by atoms with Crippen LogP contribution in [0.5, 0.6) is 0 Å². The standard InChI is InChI=1S/C14H23N3O3/c1-3-7-15-13-6-4-5-12(16-13)14(19)17(8-10-18)9-11-20-2/h4-6,18H,3,7-11H2,1-2H3,(H,15,16). The van der Waals surface area contributed by atoms with Crippen LogP contribution in [0.3, 0.4) is 0 Å². The highest BCUT2D eigenvalue weighted by atomic mass is 16.5. The fourth-order valence-electron chi connectivity index (χ4n) is 1.70. The number of methoxy groups -OCH3 is 1. The second kappa shape index (κ2) is 9.28. The Kier molecular flexibility index (Phi) is 7.60. The smallest absolute Gasteiger partial charge is 0.272 e. The molecule has 0 fully saturated rings. The van der Waals surface area contributed by atoms with Crippen molar-refractivity contribution in [2.24, 2.45) is 0 Å². The molecule has 0 aliphatic rings. The second-order valence-corrected chi connectivity index (χ2v) is 4.34. The van der Waals surface area contributed by atoms with E-state index in [4.69, 9.17) is 9.84 Å². The zero-order valence-corrected chi connectivity index (χ0v) is 12.1. The third-order valence-electron chi connectivity index (χ3n) is 2.75. The zero-order valence-electron chi connectivity index (χ0n) is 12.1. The third-order valence-corrected chi connectivity index (χ3v) is 2.75. The maximum Gasteiger partial charge on any atom is 0.272 e. The Balaban J connectivity index is 2.76. The molecule has 1 amide bonds. The Labute approximate surface area is 119 Å². The molecule has 6 heteroatoms. The van der Waals surface area contributed by atoms with Crippen LogP contribution >= 0.6 is 0 Å². The van der Waals surface area contributed by atoms with Gasteiger partial charge in [-0.25, -0.2) is 4.98 Å². The molecule has 0 radical (unpaired) electrons. The summed E-state index contributed by atoms with van der Waals surface area (Å²) in [5.41, 5.74) is 0.371. The number of anilines is 1. The molecular weight excluding hydrogens is 258 g/mol. The number of ether oxygens (including phenoxy) is 1. The Hall–Kier alpha value is -1.66. The van der Waals surface area contributed by atoms with Crippen LogP contribution in [0.15, 0.2) is 18.2 Å². The summed E-state index contributed by atoms with van der Waals surface area (Å²) >= 11 is 0. The number of carbonyl (C=O) groups is 1. The average Bonchev–Trinajstić information content (AvgIpc) is 2.49. The molecule has 0 bridgehead atoms. The van der Waals surface area contributed by atoms with Gasteiger partial charge in [-0.15, -0.1) is 0 Å². The molecule has 2 N–H and O–H groups in total. The lowest BCUT2D eigenvalue weighted by Crippen LogP contribution is -2.36. The van der Waals surface area contributed by atoms with Crippen LogP contribution < -0.4 is 5.32 Å². The minimum absolute atomic E-state index is 0.0801. The summed E-state index contributed by atoms with van der Waals surface area (Å²) in [6.45, 7) is 3.94. The van der Waals surface area contributed by atoms with Gasteiger partial charge in [0, 0.05) is 26.7 Å². The van der Waals surface area contributed by atoms with Crippen molar-refractivity contribution < 1.29 is 14.6 Å². The van der Waals surface area contributed by atoms with Crippen molar-refractivity contribution in [3.05, 3.63) is 23.9 Å². The summed E-state index contributed by atoms with van der Waals surface area (Å²) in [5.74, 6) is 0.490. The van der Waals surface area contributed by atoms with E-state index >= 15 is 0 Å². The summed E-state index contributed by atoms with van der Waals surface area (Å²) in [7, 11) is 1.58. The van der Waals surface area contributed by atoms with Gasteiger partial charge in [0.15, 0.2) is 0 Å². The van der Waals surface area contributed by atoms with Gasteiger partial charge in [0.2, 0.25) is 0 Å². The molecule has 0 unspecified atom stereocenters. The maximum atomic E-state index is 12.3. The van der Waals surface area contributed by atoms with Crippen LogP contribution in [0.1, 0.15) is 23.8 Å². The first-order valence-electron chi connectivity index (χ1n) is 6.83. The Morgan fingerprint density at radius 3 is 2.90 bits per heavy atom. The molecular formula is C14H23N3O3. The SMILES string of the molecule is CCCNc1cccc(C(=O)N(CCO)CCOC)n1. The van der Waals surface area contributed by atoms with Crippen molar-refractivity contribution in [3.8, 4) is 0 Å². The normalized spacial score (nSPS) is 10.3. The summed E-state index contributed by atoms with van der Waals surface area (Å²) in [6, 6.07) is 5.31. The maximum absolute atomic E-state index is 12.3. The number of aromatic nitrogens is 1. The van der Waals surface area contributed by atoms with Crippen LogP contribution in [-0.2, 0) is 4.74 Å². The Bertz CT molecular complexity index is 412. The number of amides is 1.